The molecule has 0 amide bonds. The highest BCUT2D eigenvalue weighted by Crippen LogP contribution is 2.32. The minimum atomic E-state index is 0.0777. The molecule has 0 spiro atoms. The van der Waals surface area contributed by atoms with Gasteiger partial charge in [-0.3, -0.25) is 0 Å². The van der Waals surface area contributed by atoms with E-state index in [0.29, 0.717) is 5.92 Å². The Morgan fingerprint density at radius 2 is 2.05 bits per heavy atom. The molecule has 1 aromatic carbocycles. The lowest BCUT2D eigenvalue weighted by Gasteiger charge is -2.20. The smallest absolute Gasteiger partial charge is 0.122 e. The second kappa shape index (κ2) is 7.49. The number of halogens is 1. The van der Waals surface area contributed by atoms with Gasteiger partial charge < -0.3 is 4.79 Å². The van der Waals surface area contributed by atoms with Crippen LogP contribution in [0, 0.1) is 12.8 Å². The van der Waals surface area contributed by atoms with Crippen molar-refractivity contribution < 1.29 is 4.79 Å². The summed E-state index contributed by atoms with van der Waals surface area (Å²) in [6.07, 6.45) is 5.11. The SMILES string of the molecule is CC(C)=CCC(CC(C)C=O)c1cccc(Cl)c1C. The number of hydrogen-bond acceptors (Lipinski definition) is 1. The summed E-state index contributed by atoms with van der Waals surface area (Å²) < 4.78 is 0. The number of allylic oxidation sites excluding steroid dienone is 2. The first kappa shape index (κ1) is 16.0. The maximum Gasteiger partial charge on any atom is 0.122 e. The molecule has 0 radical (unpaired) electrons. The Morgan fingerprint density at radius 1 is 1.37 bits per heavy atom. The zero-order chi connectivity index (χ0) is 14.4. The molecular formula is C17H23ClO. The number of aldehydes is 1. The Bertz CT molecular complexity index is 458. The number of benzene rings is 1. The van der Waals surface area contributed by atoms with Crippen LogP contribution in [0.1, 0.15) is 50.7 Å². The Kier molecular flexibility index (Phi) is 6.30. The monoisotopic (exact) mass is 278 g/mol. The van der Waals surface area contributed by atoms with Gasteiger partial charge in [-0.05, 0) is 56.7 Å². The lowest BCUT2D eigenvalue weighted by atomic mass is 9.85. The molecule has 0 aromatic heterocycles. The van der Waals surface area contributed by atoms with Crippen LogP contribution >= 0.6 is 11.6 Å². The zero-order valence-corrected chi connectivity index (χ0v) is 13.0. The lowest BCUT2D eigenvalue weighted by Crippen LogP contribution is -2.07. The van der Waals surface area contributed by atoms with Gasteiger partial charge in [-0.1, -0.05) is 42.3 Å². The third kappa shape index (κ3) is 4.83. The zero-order valence-electron chi connectivity index (χ0n) is 12.2. The summed E-state index contributed by atoms with van der Waals surface area (Å²) in [7, 11) is 0. The molecule has 0 aliphatic rings. The third-order valence-corrected chi connectivity index (χ3v) is 3.86. The van der Waals surface area contributed by atoms with Crippen LogP contribution in [-0.2, 0) is 4.79 Å². The van der Waals surface area contributed by atoms with Gasteiger partial charge in [0.1, 0.15) is 6.29 Å². The van der Waals surface area contributed by atoms with Crippen molar-refractivity contribution in [3.63, 3.8) is 0 Å². The second-order valence-corrected chi connectivity index (χ2v) is 5.92. The van der Waals surface area contributed by atoms with E-state index >= 15 is 0 Å². The first-order valence-corrected chi connectivity index (χ1v) is 7.17. The summed E-state index contributed by atoms with van der Waals surface area (Å²) >= 11 is 6.21. The van der Waals surface area contributed by atoms with E-state index in [1.165, 1.54) is 11.1 Å². The van der Waals surface area contributed by atoms with Crippen LogP contribution in [-0.4, -0.2) is 6.29 Å². The van der Waals surface area contributed by atoms with Gasteiger partial charge in [0.05, 0.1) is 0 Å². The minimum absolute atomic E-state index is 0.0777. The molecule has 2 unspecified atom stereocenters. The van der Waals surface area contributed by atoms with Crippen molar-refractivity contribution in [2.75, 3.05) is 0 Å². The molecule has 1 nitrogen and oxygen atoms in total. The Morgan fingerprint density at radius 3 is 2.63 bits per heavy atom. The standard InChI is InChI=1S/C17H23ClO/c1-12(2)8-9-15(10-13(3)11-19)16-6-5-7-17(18)14(16)4/h5-8,11,13,15H,9-10H2,1-4H3. The Balaban J connectivity index is 3.03. The highest BCUT2D eigenvalue weighted by molar-refractivity contribution is 6.31. The molecule has 0 saturated carbocycles. The highest BCUT2D eigenvalue weighted by Gasteiger charge is 2.17. The van der Waals surface area contributed by atoms with Crippen LogP contribution in [0.5, 0.6) is 0 Å². The van der Waals surface area contributed by atoms with Gasteiger partial charge in [-0.15, -0.1) is 0 Å². The van der Waals surface area contributed by atoms with Gasteiger partial charge in [0.2, 0.25) is 0 Å². The van der Waals surface area contributed by atoms with Crippen molar-refractivity contribution in [3.8, 4) is 0 Å². The van der Waals surface area contributed by atoms with Crippen molar-refractivity contribution in [1.82, 2.24) is 0 Å². The number of carbonyl (C=O) groups is 1. The largest absolute Gasteiger partial charge is 0.303 e. The van der Waals surface area contributed by atoms with E-state index in [1.807, 2.05) is 19.1 Å². The highest BCUT2D eigenvalue weighted by atomic mass is 35.5. The van der Waals surface area contributed by atoms with E-state index in [1.54, 1.807) is 0 Å². The summed E-state index contributed by atoms with van der Waals surface area (Å²) in [6.45, 7) is 8.23. The quantitative estimate of drug-likeness (QED) is 0.509. The summed E-state index contributed by atoms with van der Waals surface area (Å²) in [6, 6.07) is 6.04. The van der Waals surface area contributed by atoms with Crippen molar-refractivity contribution in [2.24, 2.45) is 5.92 Å². The molecule has 104 valence electrons. The van der Waals surface area contributed by atoms with Crippen LogP contribution < -0.4 is 0 Å². The maximum atomic E-state index is 10.9. The topological polar surface area (TPSA) is 17.1 Å². The molecule has 2 heteroatoms. The first-order chi connectivity index (χ1) is 8.95. The molecule has 19 heavy (non-hydrogen) atoms. The maximum absolute atomic E-state index is 10.9. The fourth-order valence-corrected chi connectivity index (χ4v) is 2.48. The second-order valence-electron chi connectivity index (χ2n) is 5.52. The summed E-state index contributed by atoms with van der Waals surface area (Å²) in [4.78, 5) is 10.9. The van der Waals surface area contributed by atoms with Crippen LogP contribution in [0.3, 0.4) is 0 Å². The van der Waals surface area contributed by atoms with Crippen molar-refractivity contribution >= 4 is 17.9 Å². The fourth-order valence-electron chi connectivity index (χ4n) is 2.30. The molecule has 0 N–H and O–H groups in total. The van der Waals surface area contributed by atoms with Crippen LogP contribution in [0.2, 0.25) is 5.02 Å². The molecule has 0 bridgehead atoms. The lowest BCUT2D eigenvalue weighted by molar-refractivity contribution is -0.110. The van der Waals surface area contributed by atoms with Crippen LogP contribution in [0.15, 0.2) is 29.8 Å². The molecule has 0 fully saturated rings. The third-order valence-electron chi connectivity index (χ3n) is 3.45. The van der Waals surface area contributed by atoms with Crippen LogP contribution in [0.25, 0.3) is 0 Å². The molecule has 1 aromatic rings. The van der Waals surface area contributed by atoms with Gasteiger partial charge in [-0.25, -0.2) is 0 Å². The van der Waals surface area contributed by atoms with Crippen molar-refractivity contribution in [2.45, 2.75) is 46.5 Å². The molecule has 0 aliphatic heterocycles. The predicted molar refractivity (Wildman–Crippen MR) is 82.8 cm³/mol. The van der Waals surface area contributed by atoms with Crippen LogP contribution in [0.4, 0.5) is 0 Å². The molecular weight excluding hydrogens is 256 g/mol. The van der Waals surface area contributed by atoms with Gasteiger partial charge in [0, 0.05) is 10.9 Å². The van der Waals surface area contributed by atoms with Gasteiger partial charge in [0.25, 0.3) is 0 Å². The summed E-state index contributed by atoms with van der Waals surface area (Å²) in [5.74, 6) is 0.433. The van der Waals surface area contributed by atoms with E-state index in [2.05, 4.69) is 32.9 Å². The van der Waals surface area contributed by atoms with Crippen molar-refractivity contribution in [3.05, 3.63) is 46.0 Å². The summed E-state index contributed by atoms with van der Waals surface area (Å²) in [5.41, 5.74) is 3.71. The van der Waals surface area contributed by atoms with E-state index in [-0.39, 0.29) is 5.92 Å². The van der Waals surface area contributed by atoms with Crippen molar-refractivity contribution in [1.29, 1.82) is 0 Å². The summed E-state index contributed by atoms with van der Waals surface area (Å²) in [5, 5.41) is 0.804. The molecule has 0 aliphatic carbocycles. The van der Waals surface area contributed by atoms with Gasteiger partial charge in [-0.2, -0.15) is 0 Å². The number of carbonyl (C=O) groups excluding carboxylic acids is 1. The number of rotatable bonds is 6. The fraction of sp³-hybridized carbons (Fsp3) is 0.471. The molecule has 2 atom stereocenters. The normalized spacial score (nSPS) is 13.7. The average Bonchev–Trinajstić information content (AvgIpc) is 2.37. The molecule has 1 rings (SSSR count). The predicted octanol–water partition coefficient (Wildman–Crippen LogP) is 5.31. The van der Waals surface area contributed by atoms with Gasteiger partial charge >= 0.3 is 0 Å². The Labute approximate surface area is 121 Å². The molecule has 0 saturated heterocycles. The van der Waals surface area contributed by atoms with E-state index < -0.39 is 0 Å². The van der Waals surface area contributed by atoms with E-state index in [4.69, 9.17) is 11.6 Å². The van der Waals surface area contributed by atoms with Gasteiger partial charge in [0.15, 0.2) is 0 Å². The van der Waals surface area contributed by atoms with E-state index in [0.717, 1.165) is 29.7 Å². The number of hydrogen-bond donors (Lipinski definition) is 0. The average molecular weight is 279 g/mol. The van der Waals surface area contributed by atoms with E-state index in [9.17, 15) is 4.79 Å². The minimum Gasteiger partial charge on any atom is -0.303 e. The molecule has 0 heterocycles. The Hall–Kier alpha value is -1.08. The first-order valence-electron chi connectivity index (χ1n) is 6.79.